The van der Waals surface area contributed by atoms with Crippen LogP contribution in [0.2, 0.25) is 0 Å². The predicted octanol–water partition coefficient (Wildman–Crippen LogP) is 5.52. The first-order valence-corrected chi connectivity index (χ1v) is 12.1. The lowest BCUT2D eigenvalue weighted by atomic mass is 9.94. The Balaban J connectivity index is 1.72. The predicted molar refractivity (Wildman–Crippen MR) is 148 cm³/mol. The second kappa shape index (κ2) is 12.1. The number of ether oxygens (including phenoxy) is 4. The van der Waals surface area contributed by atoms with Crippen molar-refractivity contribution in [2.24, 2.45) is 0 Å². The molecule has 40 heavy (non-hydrogen) atoms. The summed E-state index contributed by atoms with van der Waals surface area (Å²) >= 11 is 0. The molecule has 0 atom stereocenters. The van der Waals surface area contributed by atoms with Gasteiger partial charge in [0.1, 0.15) is 23.0 Å². The molecule has 8 nitrogen and oxygen atoms in total. The fraction of sp³-hybridized carbons (Fsp3) is 0.125. The van der Waals surface area contributed by atoms with E-state index in [0.29, 0.717) is 22.6 Å². The average molecular weight is 539 g/mol. The van der Waals surface area contributed by atoms with Crippen molar-refractivity contribution in [3.05, 3.63) is 107 Å². The van der Waals surface area contributed by atoms with E-state index in [1.807, 2.05) is 0 Å². The third-order valence-electron chi connectivity index (χ3n) is 6.30. The maximum atomic E-state index is 13.3. The SMILES string of the molecule is COc1cccc(C(=O)C(=O)c2cc(-c3ccc(OC)c(C(=O)C(=O)c4cccc(OC)c4)c3)ccc2OC)c1. The van der Waals surface area contributed by atoms with Gasteiger partial charge in [-0.1, -0.05) is 36.4 Å². The molecule has 0 aliphatic rings. The fourth-order valence-corrected chi connectivity index (χ4v) is 4.17. The number of benzene rings is 4. The Morgan fingerprint density at radius 2 is 0.850 bits per heavy atom. The molecule has 0 bridgehead atoms. The van der Waals surface area contributed by atoms with Crippen LogP contribution in [0.25, 0.3) is 11.1 Å². The molecule has 0 unspecified atom stereocenters. The lowest BCUT2D eigenvalue weighted by molar-refractivity contribution is 0.0815. The molecular weight excluding hydrogens is 512 g/mol. The molecule has 0 spiro atoms. The molecule has 0 saturated carbocycles. The number of rotatable bonds is 11. The molecule has 0 heterocycles. The second-order valence-electron chi connectivity index (χ2n) is 8.61. The molecule has 8 heteroatoms. The summed E-state index contributed by atoms with van der Waals surface area (Å²) in [5.74, 6) is -1.70. The van der Waals surface area contributed by atoms with E-state index in [4.69, 9.17) is 18.9 Å². The highest BCUT2D eigenvalue weighted by molar-refractivity contribution is 6.50. The zero-order chi connectivity index (χ0) is 28.8. The first-order chi connectivity index (χ1) is 19.3. The molecule has 0 aromatic heterocycles. The molecular formula is C32H26O8. The number of carbonyl (C=O) groups excluding carboxylic acids is 4. The molecule has 202 valence electrons. The Morgan fingerprint density at radius 1 is 0.450 bits per heavy atom. The lowest BCUT2D eigenvalue weighted by Gasteiger charge is -2.13. The van der Waals surface area contributed by atoms with Gasteiger partial charge in [0.2, 0.25) is 23.1 Å². The van der Waals surface area contributed by atoms with Crippen LogP contribution in [0.5, 0.6) is 23.0 Å². The first kappa shape index (κ1) is 27.8. The van der Waals surface area contributed by atoms with E-state index in [1.165, 1.54) is 64.8 Å². The van der Waals surface area contributed by atoms with Gasteiger partial charge in [-0.05, 0) is 59.7 Å². The van der Waals surface area contributed by atoms with Crippen molar-refractivity contribution < 1.29 is 38.1 Å². The van der Waals surface area contributed by atoms with Gasteiger partial charge in [0.05, 0.1) is 39.6 Å². The molecule has 0 saturated heterocycles. The summed E-state index contributed by atoms with van der Waals surface area (Å²) in [4.78, 5) is 52.7. The van der Waals surface area contributed by atoms with Gasteiger partial charge in [0.25, 0.3) is 0 Å². The second-order valence-corrected chi connectivity index (χ2v) is 8.61. The number of hydrogen-bond donors (Lipinski definition) is 0. The summed E-state index contributed by atoms with van der Waals surface area (Å²) in [6.45, 7) is 0. The summed E-state index contributed by atoms with van der Waals surface area (Å²) in [5.41, 5.74) is 1.48. The van der Waals surface area contributed by atoms with Crippen molar-refractivity contribution in [3.63, 3.8) is 0 Å². The third kappa shape index (κ3) is 5.61. The van der Waals surface area contributed by atoms with Crippen molar-refractivity contribution >= 4 is 23.1 Å². The summed E-state index contributed by atoms with van der Waals surface area (Å²) in [7, 11) is 5.73. The Hall–Kier alpha value is -5.24. The Morgan fingerprint density at radius 3 is 1.20 bits per heavy atom. The van der Waals surface area contributed by atoms with Gasteiger partial charge in [0.15, 0.2) is 0 Å². The van der Waals surface area contributed by atoms with Crippen LogP contribution >= 0.6 is 0 Å². The van der Waals surface area contributed by atoms with Crippen LogP contribution in [0.3, 0.4) is 0 Å². The van der Waals surface area contributed by atoms with Crippen LogP contribution in [-0.4, -0.2) is 51.6 Å². The fourth-order valence-electron chi connectivity index (χ4n) is 4.17. The van der Waals surface area contributed by atoms with Crippen LogP contribution < -0.4 is 18.9 Å². The normalized spacial score (nSPS) is 10.4. The zero-order valence-corrected chi connectivity index (χ0v) is 22.3. The molecule has 0 radical (unpaired) electrons. The first-order valence-electron chi connectivity index (χ1n) is 12.1. The van der Waals surface area contributed by atoms with E-state index in [-0.39, 0.29) is 33.8 Å². The summed E-state index contributed by atoms with van der Waals surface area (Å²) in [6, 6.07) is 22.1. The van der Waals surface area contributed by atoms with Crippen molar-refractivity contribution in [2.75, 3.05) is 28.4 Å². The van der Waals surface area contributed by atoms with Crippen molar-refractivity contribution in [1.82, 2.24) is 0 Å². The summed E-state index contributed by atoms with van der Waals surface area (Å²) < 4.78 is 21.0. The van der Waals surface area contributed by atoms with Crippen molar-refractivity contribution in [2.45, 2.75) is 0 Å². The van der Waals surface area contributed by atoms with Gasteiger partial charge in [-0.2, -0.15) is 0 Å². The van der Waals surface area contributed by atoms with Gasteiger partial charge in [-0.25, -0.2) is 0 Å². The number of carbonyl (C=O) groups is 4. The standard InChI is InChI=1S/C32H26O8/c1-37-23-9-5-7-21(15-23)29(33)31(35)25-17-19(11-13-27(25)39-3)20-12-14-28(40-4)26(18-20)32(36)30(34)22-8-6-10-24(16-22)38-2/h5-18H,1-4H3. The van der Waals surface area contributed by atoms with Crippen LogP contribution in [0.4, 0.5) is 0 Å². The zero-order valence-electron chi connectivity index (χ0n) is 22.3. The van der Waals surface area contributed by atoms with Gasteiger partial charge in [0, 0.05) is 11.1 Å². The number of methoxy groups -OCH3 is 4. The highest BCUT2D eigenvalue weighted by atomic mass is 16.5. The maximum absolute atomic E-state index is 13.3. The quantitative estimate of drug-likeness (QED) is 0.182. The van der Waals surface area contributed by atoms with Crippen molar-refractivity contribution in [3.8, 4) is 34.1 Å². The minimum atomic E-state index is -0.773. The Kier molecular flexibility index (Phi) is 8.39. The Labute approximate surface area is 231 Å². The number of Topliss-reactive ketones (excluding diaryl/α,β-unsaturated/α-hetero) is 4. The molecule has 0 aliphatic carbocycles. The third-order valence-corrected chi connectivity index (χ3v) is 6.30. The molecule has 0 N–H and O–H groups in total. The molecule has 0 fully saturated rings. The van der Waals surface area contributed by atoms with Gasteiger partial charge >= 0.3 is 0 Å². The number of ketones is 4. The van der Waals surface area contributed by atoms with E-state index in [1.54, 1.807) is 48.5 Å². The van der Waals surface area contributed by atoms with E-state index < -0.39 is 23.1 Å². The minimum absolute atomic E-state index is 0.0453. The van der Waals surface area contributed by atoms with E-state index >= 15 is 0 Å². The highest BCUT2D eigenvalue weighted by Crippen LogP contribution is 2.32. The summed E-state index contributed by atoms with van der Waals surface area (Å²) in [6.07, 6.45) is 0. The molecule has 4 aromatic rings. The van der Waals surface area contributed by atoms with E-state index in [9.17, 15) is 19.2 Å². The minimum Gasteiger partial charge on any atom is -0.497 e. The lowest BCUT2D eigenvalue weighted by Crippen LogP contribution is -2.16. The van der Waals surface area contributed by atoms with E-state index in [0.717, 1.165) is 0 Å². The van der Waals surface area contributed by atoms with Crippen LogP contribution in [0.15, 0.2) is 84.9 Å². The largest absolute Gasteiger partial charge is 0.497 e. The summed E-state index contributed by atoms with van der Waals surface area (Å²) in [5, 5.41) is 0. The van der Waals surface area contributed by atoms with Crippen LogP contribution in [-0.2, 0) is 0 Å². The topological polar surface area (TPSA) is 105 Å². The molecule has 4 rings (SSSR count). The molecule has 0 aliphatic heterocycles. The average Bonchev–Trinajstić information content (AvgIpc) is 3.02. The van der Waals surface area contributed by atoms with Gasteiger partial charge in [-0.3, -0.25) is 19.2 Å². The van der Waals surface area contributed by atoms with Gasteiger partial charge in [-0.15, -0.1) is 0 Å². The van der Waals surface area contributed by atoms with E-state index in [2.05, 4.69) is 0 Å². The molecule has 4 aromatic carbocycles. The number of hydrogen-bond acceptors (Lipinski definition) is 8. The molecule has 0 amide bonds. The maximum Gasteiger partial charge on any atom is 0.237 e. The highest BCUT2D eigenvalue weighted by Gasteiger charge is 2.25. The smallest absolute Gasteiger partial charge is 0.237 e. The van der Waals surface area contributed by atoms with Crippen LogP contribution in [0.1, 0.15) is 41.4 Å². The van der Waals surface area contributed by atoms with Gasteiger partial charge < -0.3 is 18.9 Å². The Bertz CT molecular complexity index is 1500. The van der Waals surface area contributed by atoms with Crippen LogP contribution in [0, 0.1) is 0 Å². The monoisotopic (exact) mass is 538 g/mol. The van der Waals surface area contributed by atoms with Crippen molar-refractivity contribution in [1.29, 1.82) is 0 Å².